The van der Waals surface area contributed by atoms with E-state index in [1.165, 1.54) is 32.1 Å². The molecule has 0 unspecified atom stereocenters. The van der Waals surface area contributed by atoms with Crippen LogP contribution in [0.2, 0.25) is 0 Å². The SMILES string of the molecule is CCCC(=O)N[C@]1(C)CCC[C@@]2(C)[C@@H]3CC[C@@]4(C)C[C@]3(CC[C@@H]21)CC4=O. The highest BCUT2D eigenvalue weighted by Crippen LogP contribution is 2.71. The third kappa shape index (κ3) is 2.44. The summed E-state index contributed by atoms with van der Waals surface area (Å²) in [6.07, 6.45) is 11.8. The van der Waals surface area contributed by atoms with E-state index >= 15 is 0 Å². The van der Waals surface area contributed by atoms with Crippen molar-refractivity contribution in [1.82, 2.24) is 5.32 Å². The number of nitrogens with one attached hydrogen (secondary N) is 1. The second-order valence-electron chi connectivity index (χ2n) is 11.0. The molecule has 4 saturated carbocycles. The number of carbonyl (C=O) groups excluding carboxylic acids is 2. The number of amides is 1. The summed E-state index contributed by atoms with van der Waals surface area (Å²) in [7, 11) is 0. The lowest BCUT2D eigenvalue weighted by molar-refractivity contribution is -0.147. The normalized spacial score (nSPS) is 50.1. The monoisotopic (exact) mass is 359 g/mol. The molecule has 4 aliphatic rings. The number of ketones is 1. The van der Waals surface area contributed by atoms with Crippen molar-refractivity contribution in [2.24, 2.45) is 28.1 Å². The maximum Gasteiger partial charge on any atom is 0.220 e. The number of carbonyl (C=O) groups is 2. The second-order valence-corrected chi connectivity index (χ2v) is 11.0. The minimum Gasteiger partial charge on any atom is -0.351 e. The fourth-order valence-electron chi connectivity index (χ4n) is 8.26. The van der Waals surface area contributed by atoms with Gasteiger partial charge in [-0.15, -0.1) is 0 Å². The molecule has 0 aliphatic heterocycles. The third-order valence-electron chi connectivity index (χ3n) is 9.26. The standard InChI is InChI=1S/C23H37NO2/c1-5-7-19(26)24-22(4)11-6-10-21(3)16(22)9-13-23-14-18(25)20(2,15-23)12-8-17(21)23/h16-17H,5-15H2,1-4H3,(H,24,26)/t16-,17-,20-,21+,22+,23-/m0/s1. The molecule has 4 aliphatic carbocycles. The summed E-state index contributed by atoms with van der Waals surface area (Å²) in [6.45, 7) is 9.13. The van der Waals surface area contributed by atoms with Crippen LogP contribution < -0.4 is 5.32 Å². The Labute approximate surface area is 159 Å². The highest BCUT2D eigenvalue weighted by atomic mass is 16.1. The van der Waals surface area contributed by atoms with Crippen LogP contribution in [0, 0.1) is 28.1 Å². The minimum absolute atomic E-state index is 0.0347. The molecule has 4 fully saturated rings. The molecule has 146 valence electrons. The topological polar surface area (TPSA) is 46.2 Å². The first-order chi connectivity index (χ1) is 12.2. The van der Waals surface area contributed by atoms with Gasteiger partial charge in [-0.1, -0.05) is 27.2 Å². The van der Waals surface area contributed by atoms with E-state index in [1.807, 2.05) is 0 Å². The average Bonchev–Trinajstić information content (AvgIpc) is 2.71. The molecule has 0 heterocycles. The van der Waals surface area contributed by atoms with Gasteiger partial charge in [-0.25, -0.2) is 0 Å². The third-order valence-corrected chi connectivity index (χ3v) is 9.26. The van der Waals surface area contributed by atoms with Gasteiger partial charge in [-0.3, -0.25) is 9.59 Å². The van der Waals surface area contributed by atoms with E-state index in [1.54, 1.807) is 0 Å². The van der Waals surface area contributed by atoms with Gasteiger partial charge in [0.1, 0.15) is 5.78 Å². The van der Waals surface area contributed by atoms with Crippen molar-refractivity contribution < 1.29 is 9.59 Å². The Balaban J connectivity index is 1.64. The first-order valence-electron chi connectivity index (χ1n) is 11.0. The lowest BCUT2D eigenvalue weighted by Gasteiger charge is -2.64. The molecule has 1 spiro atoms. The molecule has 26 heavy (non-hydrogen) atoms. The predicted octanol–water partition coefficient (Wildman–Crippen LogP) is 5.03. The van der Waals surface area contributed by atoms with Crippen LogP contribution in [-0.2, 0) is 9.59 Å². The smallest absolute Gasteiger partial charge is 0.220 e. The quantitative estimate of drug-likeness (QED) is 0.768. The van der Waals surface area contributed by atoms with E-state index in [4.69, 9.17) is 0 Å². The molecule has 1 amide bonds. The zero-order valence-corrected chi connectivity index (χ0v) is 17.2. The molecule has 3 nitrogen and oxygen atoms in total. The molecule has 6 atom stereocenters. The lowest BCUT2D eigenvalue weighted by atomic mass is 9.41. The highest BCUT2D eigenvalue weighted by molar-refractivity contribution is 5.88. The van der Waals surface area contributed by atoms with Crippen molar-refractivity contribution in [1.29, 1.82) is 0 Å². The molecule has 0 aromatic rings. The Morgan fingerprint density at radius 2 is 1.81 bits per heavy atom. The number of rotatable bonds is 3. The fourth-order valence-corrected chi connectivity index (χ4v) is 8.26. The van der Waals surface area contributed by atoms with Crippen molar-refractivity contribution in [3.05, 3.63) is 0 Å². The fraction of sp³-hybridized carbons (Fsp3) is 0.913. The Kier molecular flexibility index (Phi) is 4.14. The van der Waals surface area contributed by atoms with Crippen molar-refractivity contribution in [2.45, 2.75) is 104 Å². The molecule has 0 radical (unpaired) electrons. The zero-order chi connectivity index (χ0) is 18.8. The molecular formula is C23H37NO2. The summed E-state index contributed by atoms with van der Waals surface area (Å²) in [5, 5.41) is 3.47. The van der Waals surface area contributed by atoms with Crippen LogP contribution >= 0.6 is 0 Å². The van der Waals surface area contributed by atoms with Gasteiger partial charge in [0.15, 0.2) is 0 Å². The summed E-state index contributed by atoms with van der Waals surface area (Å²) in [4.78, 5) is 25.2. The maximum atomic E-state index is 12.8. The molecule has 0 aromatic carbocycles. The van der Waals surface area contributed by atoms with Crippen LogP contribution in [0.1, 0.15) is 98.3 Å². The van der Waals surface area contributed by atoms with E-state index in [2.05, 4.69) is 33.0 Å². The van der Waals surface area contributed by atoms with Gasteiger partial charge in [-0.05, 0) is 81.0 Å². The van der Waals surface area contributed by atoms with Gasteiger partial charge < -0.3 is 5.32 Å². The Morgan fingerprint density at radius 1 is 1.08 bits per heavy atom. The van der Waals surface area contributed by atoms with Gasteiger partial charge in [-0.2, -0.15) is 0 Å². The van der Waals surface area contributed by atoms with Crippen LogP contribution in [0.15, 0.2) is 0 Å². The summed E-state index contributed by atoms with van der Waals surface area (Å²) < 4.78 is 0. The Morgan fingerprint density at radius 3 is 2.54 bits per heavy atom. The van der Waals surface area contributed by atoms with E-state index in [0.717, 1.165) is 32.1 Å². The van der Waals surface area contributed by atoms with Crippen LogP contribution in [0.4, 0.5) is 0 Å². The Bertz CT molecular complexity index is 630. The second kappa shape index (κ2) is 5.82. The predicted molar refractivity (Wildman–Crippen MR) is 104 cm³/mol. The maximum absolute atomic E-state index is 12.8. The lowest BCUT2D eigenvalue weighted by Crippen LogP contribution is -2.64. The minimum atomic E-state index is -0.0653. The molecule has 4 rings (SSSR count). The number of hydrogen-bond donors (Lipinski definition) is 1. The summed E-state index contributed by atoms with van der Waals surface area (Å²) in [6, 6.07) is 0. The van der Waals surface area contributed by atoms with E-state index in [-0.39, 0.29) is 27.7 Å². The van der Waals surface area contributed by atoms with Gasteiger partial charge in [0.25, 0.3) is 0 Å². The number of hydrogen-bond acceptors (Lipinski definition) is 2. The highest BCUT2D eigenvalue weighted by Gasteiger charge is 2.67. The molecule has 1 N–H and O–H groups in total. The first kappa shape index (κ1) is 18.5. The number of Topliss-reactive ketones (excluding diaryl/α,β-unsaturated/α-hetero) is 1. The first-order valence-corrected chi connectivity index (χ1v) is 11.0. The zero-order valence-electron chi connectivity index (χ0n) is 17.2. The van der Waals surface area contributed by atoms with Crippen LogP contribution in [0.3, 0.4) is 0 Å². The van der Waals surface area contributed by atoms with Crippen molar-refractivity contribution in [3.8, 4) is 0 Å². The van der Waals surface area contributed by atoms with Gasteiger partial charge >= 0.3 is 0 Å². The van der Waals surface area contributed by atoms with Crippen LogP contribution in [0.25, 0.3) is 0 Å². The van der Waals surface area contributed by atoms with Crippen LogP contribution in [-0.4, -0.2) is 17.2 Å². The molecule has 0 aromatic heterocycles. The van der Waals surface area contributed by atoms with Gasteiger partial charge in [0.05, 0.1) is 0 Å². The van der Waals surface area contributed by atoms with Crippen molar-refractivity contribution in [3.63, 3.8) is 0 Å². The van der Waals surface area contributed by atoms with Gasteiger partial charge in [0, 0.05) is 23.8 Å². The van der Waals surface area contributed by atoms with Crippen molar-refractivity contribution in [2.75, 3.05) is 0 Å². The average molecular weight is 360 g/mol. The molecule has 3 heteroatoms. The number of fused-ring (bicyclic) bond motifs is 3. The summed E-state index contributed by atoms with van der Waals surface area (Å²) >= 11 is 0. The molecular weight excluding hydrogens is 322 g/mol. The summed E-state index contributed by atoms with van der Waals surface area (Å²) in [5.74, 6) is 1.99. The van der Waals surface area contributed by atoms with E-state index < -0.39 is 0 Å². The van der Waals surface area contributed by atoms with E-state index in [9.17, 15) is 9.59 Å². The Hall–Kier alpha value is -0.860. The van der Waals surface area contributed by atoms with Crippen molar-refractivity contribution >= 4 is 11.7 Å². The molecule has 2 bridgehead atoms. The summed E-state index contributed by atoms with van der Waals surface area (Å²) in [5.41, 5.74) is 0.439. The van der Waals surface area contributed by atoms with E-state index in [0.29, 0.717) is 24.0 Å². The largest absolute Gasteiger partial charge is 0.351 e. The van der Waals surface area contributed by atoms with Gasteiger partial charge in [0.2, 0.25) is 5.91 Å². The molecule has 0 saturated heterocycles. The van der Waals surface area contributed by atoms with Crippen LogP contribution in [0.5, 0.6) is 0 Å².